The van der Waals surface area contributed by atoms with Crippen molar-refractivity contribution in [3.05, 3.63) is 0 Å². The first-order chi connectivity index (χ1) is 21.2. The topological polar surface area (TPSA) is 209 Å². The minimum Gasteiger partial charge on any atom is -0.384 e. The van der Waals surface area contributed by atoms with E-state index in [1.165, 1.54) is 34.8 Å². The third-order valence-corrected chi connectivity index (χ3v) is 9.68. The molecular weight excluding hydrogens is 600 g/mol. The molecule has 14 heteroatoms. The zero-order chi connectivity index (χ0) is 35.3. The van der Waals surface area contributed by atoms with Crippen LogP contribution in [0.15, 0.2) is 0 Å². The van der Waals surface area contributed by atoms with E-state index < -0.39 is 45.7 Å². The Hall–Kier alpha value is -0.560. The number of aliphatic hydroxyl groups excluding tert-OH is 1. The molecule has 0 bridgehead atoms. The lowest BCUT2D eigenvalue weighted by Gasteiger charge is -2.65. The van der Waals surface area contributed by atoms with Gasteiger partial charge < -0.3 is 70.9 Å². The molecule has 0 amide bonds. The largest absolute Gasteiger partial charge is 0.384 e. The molecule has 0 aromatic rings. The highest BCUT2D eigenvalue weighted by Crippen LogP contribution is 2.53. The molecule has 0 aromatic carbocycles. The normalized spacial score (nSPS) is 32.9. The van der Waals surface area contributed by atoms with E-state index in [1.807, 2.05) is 0 Å². The molecule has 1 aliphatic rings. The molecule has 14 nitrogen and oxygen atoms in total. The molecule has 1 rings (SSSR count). The number of hydrogen-bond acceptors (Lipinski definition) is 14. The predicted molar refractivity (Wildman–Crippen MR) is 176 cm³/mol. The van der Waals surface area contributed by atoms with Crippen LogP contribution >= 0.6 is 0 Å². The van der Waals surface area contributed by atoms with Gasteiger partial charge in [-0.25, -0.2) is 0 Å². The van der Waals surface area contributed by atoms with Gasteiger partial charge in [0, 0.05) is 20.3 Å². The molecule has 276 valence electrons. The number of nitrogens with one attached hydrogen (secondary N) is 3. The van der Waals surface area contributed by atoms with E-state index in [0.717, 1.165) is 51.9 Å². The highest BCUT2D eigenvalue weighted by Gasteiger charge is 2.74. The standard InChI is InChI=1S/C32H68N4O10/c1-10-44-29(5,25(37)38)45-26(2,21-36-20-14-19-35-17-12-11-16-34-18-13-15-33)22-43-24-28(4)31(7,40)32(8,41)30(6,39)27(3,46-28)23-42-9/h25,34-41H,10-24,33H2,1-9H3/t26?,27?,28-,29+,30+,31?,32+/m1/s1. The highest BCUT2D eigenvalue weighted by atomic mass is 16.7. The van der Waals surface area contributed by atoms with Crippen LogP contribution in [-0.4, -0.2) is 151 Å². The van der Waals surface area contributed by atoms with Crippen molar-refractivity contribution in [2.24, 2.45) is 5.73 Å². The Morgan fingerprint density at radius 1 is 0.761 bits per heavy atom. The van der Waals surface area contributed by atoms with Crippen LogP contribution in [0.3, 0.4) is 0 Å². The van der Waals surface area contributed by atoms with Gasteiger partial charge in [-0.2, -0.15) is 0 Å². The lowest BCUT2D eigenvalue weighted by molar-refractivity contribution is -0.409. The Bertz CT molecular complexity index is 867. The molecule has 1 aliphatic heterocycles. The Labute approximate surface area is 277 Å². The average molecular weight is 669 g/mol. The van der Waals surface area contributed by atoms with Crippen LogP contribution < -0.4 is 21.7 Å². The number of rotatable bonds is 25. The fourth-order valence-corrected chi connectivity index (χ4v) is 5.99. The van der Waals surface area contributed by atoms with Gasteiger partial charge in [-0.05, 0) is 120 Å². The average Bonchev–Trinajstić information content (AvgIpc) is 2.94. The first kappa shape index (κ1) is 43.5. The molecule has 1 heterocycles. The summed E-state index contributed by atoms with van der Waals surface area (Å²) in [6.07, 6.45) is 2.10. The van der Waals surface area contributed by atoms with Crippen molar-refractivity contribution in [1.29, 1.82) is 0 Å². The first-order valence-corrected chi connectivity index (χ1v) is 16.7. The molecule has 0 aromatic heterocycles. The van der Waals surface area contributed by atoms with Crippen LogP contribution in [0.1, 0.15) is 81.1 Å². The molecule has 1 saturated heterocycles. The van der Waals surface area contributed by atoms with Gasteiger partial charge in [0.05, 0.1) is 19.8 Å². The van der Waals surface area contributed by atoms with Gasteiger partial charge in [0.15, 0.2) is 0 Å². The first-order valence-electron chi connectivity index (χ1n) is 16.7. The summed E-state index contributed by atoms with van der Waals surface area (Å²) >= 11 is 0. The van der Waals surface area contributed by atoms with Crippen molar-refractivity contribution in [3.63, 3.8) is 0 Å². The second-order valence-corrected chi connectivity index (χ2v) is 14.0. The zero-order valence-electron chi connectivity index (χ0n) is 30.0. The lowest BCUT2D eigenvalue weighted by Crippen LogP contribution is -2.85. The maximum absolute atomic E-state index is 11.7. The summed E-state index contributed by atoms with van der Waals surface area (Å²) in [5.74, 6) is -1.74. The van der Waals surface area contributed by atoms with Crippen LogP contribution in [-0.2, 0) is 23.7 Å². The Morgan fingerprint density at radius 2 is 1.26 bits per heavy atom. The molecule has 3 unspecified atom stereocenters. The summed E-state index contributed by atoms with van der Waals surface area (Å²) in [7, 11) is 1.46. The van der Waals surface area contributed by atoms with Crippen molar-refractivity contribution in [1.82, 2.24) is 16.0 Å². The fourth-order valence-electron chi connectivity index (χ4n) is 5.99. The van der Waals surface area contributed by atoms with E-state index in [1.54, 1.807) is 27.7 Å². The van der Waals surface area contributed by atoms with Crippen LogP contribution in [0.5, 0.6) is 0 Å². The molecule has 0 aliphatic carbocycles. The number of hydrogen-bond donors (Lipinski definition) is 9. The minimum absolute atomic E-state index is 0.0605. The number of unbranched alkanes of at least 4 members (excludes halogenated alkanes) is 1. The highest BCUT2D eigenvalue weighted by molar-refractivity contribution is 5.23. The molecule has 1 fully saturated rings. The summed E-state index contributed by atoms with van der Waals surface area (Å²) in [4.78, 5) is 0. The fraction of sp³-hybridized carbons (Fsp3) is 1.00. The van der Waals surface area contributed by atoms with Crippen LogP contribution in [0, 0.1) is 0 Å². The Balaban J connectivity index is 2.89. The molecule has 0 spiro atoms. The van der Waals surface area contributed by atoms with Gasteiger partial charge in [-0.3, -0.25) is 0 Å². The summed E-state index contributed by atoms with van der Waals surface area (Å²) < 4.78 is 29.6. The van der Waals surface area contributed by atoms with E-state index in [4.69, 9.17) is 29.4 Å². The molecule has 10 N–H and O–H groups in total. The van der Waals surface area contributed by atoms with E-state index in [0.29, 0.717) is 13.1 Å². The smallest absolute Gasteiger partial charge is 0.217 e. The van der Waals surface area contributed by atoms with Crippen LogP contribution in [0.4, 0.5) is 0 Å². The Morgan fingerprint density at radius 3 is 1.76 bits per heavy atom. The number of methoxy groups -OCH3 is 1. The second-order valence-electron chi connectivity index (χ2n) is 14.0. The van der Waals surface area contributed by atoms with Crippen molar-refractivity contribution in [2.75, 3.05) is 79.4 Å². The van der Waals surface area contributed by atoms with Gasteiger partial charge in [-0.15, -0.1) is 0 Å². The van der Waals surface area contributed by atoms with Crippen molar-refractivity contribution < 1.29 is 49.2 Å². The molecular formula is C32H68N4O10. The second kappa shape index (κ2) is 18.4. The van der Waals surface area contributed by atoms with Crippen molar-refractivity contribution in [2.45, 2.75) is 127 Å². The van der Waals surface area contributed by atoms with Gasteiger partial charge in [0.25, 0.3) is 0 Å². The molecule has 46 heavy (non-hydrogen) atoms. The number of aliphatic hydroxyl groups is 5. The molecule has 0 radical (unpaired) electrons. The maximum atomic E-state index is 11.7. The number of nitrogens with two attached hydrogens (primary N) is 1. The minimum atomic E-state index is -2.03. The Kier molecular flexibility index (Phi) is 17.4. The van der Waals surface area contributed by atoms with E-state index in [9.17, 15) is 25.5 Å². The summed E-state index contributed by atoms with van der Waals surface area (Å²) in [6, 6.07) is 0. The summed E-state index contributed by atoms with van der Waals surface area (Å²) in [6.45, 7) is 17.5. The molecule has 7 atom stereocenters. The van der Waals surface area contributed by atoms with Crippen LogP contribution in [0.25, 0.3) is 0 Å². The lowest BCUT2D eigenvalue weighted by atomic mass is 9.58. The van der Waals surface area contributed by atoms with Crippen molar-refractivity contribution in [3.8, 4) is 0 Å². The van der Waals surface area contributed by atoms with Gasteiger partial charge in [0.1, 0.15) is 33.6 Å². The molecule has 0 saturated carbocycles. The van der Waals surface area contributed by atoms with Gasteiger partial charge >= 0.3 is 0 Å². The maximum Gasteiger partial charge on any atom is 0.217 e. The van der Waals surface area contributed by atoms with Gasteiger partial charge in [0.2, 0.25) is 12.1 Å². The summed E-state index contributed by atoms with van der Waals surface area (Å²) in [5, 5.41) is 65.0. The van der Waals surface area contributed by atoms with Crippen molar-refractivity contribution >= 4 is 0 Å². The summed E-state index contributed by atoms with van der Waals surface area (Å²) in [5.41, 5.74) is -4.43. The van der Waals surface area contributed by atoms with Gasteiger partial charge in [-0.1, -0.05) is 0 Å². The zero-order valence-corrected chi connectivity index (χ0v) is 30.0. The third-order valence-electron chi connectivity index (χ3n) is 9.68. The quantitative estimate of drug-likeness (QED) is 0.0447. The van der Waals surface area contributed by atoms with E-state index in [2.05, 4.69) is 16.0 Å². The third kappa shape index (κ3) is 10.7. The van der Waals surface area contributed by atoms with E-state index >= 15 is 0 Å². The van der Waals surface area contributed by atoms with E-state index in [-0.39, 0.29) is 33.0 Å². The van der Waals surface area contributed by atoms with Crippen LogP contribution in [0.2, 0.25) is 0 Å². The monoisotopic (exact) mass is 668 g/mol. The number of ether oxygens (including phenoxy) is 5. The SMILES string of the molecule is CCO[C@@](C)(OC(C)(CNCCCNCCCCNCCCN)COC[C@@]1(C)OC(C)(COC)[C@](C)(O)[C@](C)(O)C1(C)O)C(O)O. The predicted octanol–water partition coefficient (Wildman–Crippen LogP) is -0.423.